The Labute approximate surface area is 159 Å². The van der Waals surface area contributed by atoms with Gasteiger partial charge in [0.05, 0.1) is 17.5 Å². The number of fused-ring (bicyclic) bond motifs is 1. The minimum absolute atomic E-state index is 0.0420. The van der Waals surface area contributed by atoms with Gasteiger partial charge in [0.15, 0.2) is 11.4 Å². The molecule has 4 N–H and O–H groups in total. The molecule has 27 heavy (non-hydrogen) atoms. The zero-order valence-electron chi connectivity index (χ0n) is 16.6. The maximum absolute atomic E-state index is 12.7. The van der Waals surface area contributed by atoms with Crippen molar-refractivity contribution in [1.29, 1.82) is 0 Å². The molecular formula is C21H27N5O. The van der Waals surface area contributed by atoms with Crippen molar-refractivity contribution < 1.29 is 4.79 Å². The van der Waals surface area contributed by atoms with Gasteiger partial charge in [0.1, 0.15) is 5.52 Å². The van der Waals surface area contributed by atoms with E-state index in [2.05, 4.69) is 29.1 Å². The highest BCUT2D eigenvalue weighted by Crippen LogP contribution is 2.28. The molecule has 0 aliphatic heterocycles. The Morgan fingerprint density at radius 1 is 1.22 bits per heavy atom. The van der Waals surface area contributed by atoms with Gasteiger partial charge in [-0.25, -0.2) is 9.97 Å². The summed E-state index contributed by atoms with van der Waals surface area (Å²) in [6.07, 6.45) is 3.42. The van der Waals surface area contributed by atoms with E-state index in [1.54, 1.807) is 12.4 Å². The fourth-order valence-electron chi connectivity index (χ4n) is 2.81. The van der Waals surface area contributed by atoms with Crippen LogP contribution < -0.4 is 11.1 Å². The van der Waals surface area contributed by atoms with Crippen LogP contribution in [0.3, 0.4) is 0 Å². The van der Waals surface area contributed by atoms with Crippen LogP contribution >= 0.6 is 0 Å². The second-order valence-corrected chi connectivity index (χ2v) is 8.53. The number of ketones is 1. The van der Waals surface area contributed by atoms with E-state index in [0.29, 0.717) is 23.3 Å². The van der Waals surface area contributed by atoms with Crippen molar-refractivity contribution in [2.75, 3.05) is 11.9 Å². The number of H-pyrrole nitrogens is 1. The molecule has 6 nitrogen and oxygen atoms in total. The normalized spacial score (nSPS) is 12.4. The van der Waals surface area contributed by atoms with Crippen molar-refractivity contribution in [2.45, 2.75) is 40.2 Å². The Bertz CT molecular complexity index is 982. The van der Waals surface area contributed by atoms with Gasteiger partial charge in [0.25, 0.3) is 0 Å². The Hall–Kier alpha value is -2.73. The molecule has 142 valence electrons. The maximum atomic E-state index is 12.7. The molecular weight excluding hydrogens is 338 g/mol. The molecule has 1 aromatic carbocycles. The number of carbonyl (C=O) groups is 1. The molecule has 0 bridgehead atoms. The average Bonchev–Trinajstić information content (AvgIpc) is 3.03. The van der Waals surface area contributed by atoms with Gasteiger partial charge < -0.3 is 16.0 Å². The molecule has 0 saturated heterocycles. The van der Waals surface area contributed by atoms with E-state index in [1.807, 2.05) is 45.0 Å². The van der Waals surface area contributed by atoms with Gasteiger partial charge in [-0.1, -0.05) is 32.9 Å². The molecule has 3 aromatic rings. The molecule has 2 aromatic heterocycles. The number of aromatic nitrogens is 3. The van der Waals surface area contributed by atoms with Crippen LogP contribution in [0.1, 0.15) is 45.0 Å². The topological polar surface area (TPSA) is 96.7 Å². The highest BCUT2D eigenvalue weighted by molar-refractivity contribution is 6.08. The van der Waals surface area contributed by atoms with E-state index in [4.69, 9.17) is 10.7 Å². The number of carbonyl (C=O) groups excluding carboxylic acids is 1. The number of anilines is 1. The van der Waals surface area contributed by atoms with Crippen molar-refractivity contribution in [2.24, 2.45) is 11.1 Å². The number of nitrogens with two attached hydrogens (primary N) is 1. The van der Waals surface area contributed by atoms with Crippen LogP contribution in [0.2, 0.25) is 0 Å². The fraction of sp³-hybridized carbons (Fsp3) is 0.381. The fourth-order valence-corrected chi connectivity index (χ4v) is 2.81. The van der Waals surface area contributed by atoms with Crippen molar-refractivity contribution in [3.05, 3.63) is 42.2 Å². The summed E-state index contributed by atoms with van der Waals surface area (Å²) in [5, 5.41) is 3.43. The SMILES string of the molecule is CC(C)(CN)Nc1cccc(-c2cnc3[nH]cc(C(=O)C(C)(C)C)c3n2)c1. The number of rotatable bonds is 5. The predicted molar refractivity (Wildman–Crippen MR) is 110 cm³/mol. The average molecular weight is 365 g/mol. The van der Waals surface area contributed by atoms with Crippen molar-refractivity contribution in [3.8, 4) is 11.3 Å². The molecule has 0 atom stereocenters. The Balaban J connectivity index is 2.02. The molecule has 0 spiro atoms. The molecule has 0 fully saturated rings. The maximum Gasteiger partial charge on any atom is 0.171 e. The third-order valence-electron chi connectivity index (χ3n) is 4.46. The first-order valence-electron chi connectivity index (χ1n) is 9.08. The van der Waals surface area contributed by atoms with Crippen molar-refractivity contribution in [1.82, 2.24) is 15.0 Å². The number of aromatic amines is 1. The van der Waals surface area contributed by atoms with E-state index in [-0.39, 0.29) is 11.3 Å². The molecule has 0 saturated carbocycles. The third-order valence-corrected chi connectivity index (χ3v) is 4.46. The summed E-state index contributed by atoms with van der Waals surface area (Å²) in [5.41, 5.74) is 9.53. The van der Waals surface area contributed by atoms with Crippen molar-refractivity contribution in [3.63, 3.8) is 0 Å². The van der Waals surface area contributed by atoms with E-state index >= 15 is 0 Å². The zero-order chi connectivity index (χ0) is 19.8. The molecule has 3 rings (SSSR count). The predicted octanol–water partition coefficient (Wildman–Crippen LogP) is 4.00. The van der Waals surface area contributed by atoms with Crippen LogP contribution in [0, 0.1) is 5.41 Å². The van der Waals surface area contributed by atoms with E-state index in [0.717, 1.165) is 16.9 Å². The first-order valence-corrected chi connectivity index (χ1v) is 9.08. The second-order valence-electron chi connectivity index (χ2n) is 8.53. The Kier molecular flexibility index (Phi) is 4.78. The van der Waals surface area contributed by atoms with Crippen molar-refractivity contribution >= 4 is 22.6 Å². The highest BCUT2D eigenvalue weighted by atomic mass is 16.1. The molecule has 6 heteroatoms. The lowest BCUT2D eigenvalue weighted by Crippen LogP contribution is -2.39. The Morgan fingerprint density at radius 3 is 2.63 bits per heavy atom. The van der Waals surface area contributed by atoms with Gasteiger partial charge in [-0.15, -0.1) is 0 Å². The van der Waals surface area contributed by atoms with Crippen LogP contribution in [-0.2, 0) is 0 Å². The van der Waals surface area contributed by atoms with Crippen LogP contribution in [0.25, 0.3) is 22.4 Å². The lowest BCUT2D eigenvalue weighted by molar-refractivity contribution is 0.0860. The summed E-state index contributed by atoms with van der Waals surface area (Å²) in [4.78, 5) is 25.0. The first-order chi connectivity index (χ1) is 12.6. The summed E-state index contributed by atoms with van der Waals surface area (Å²) < 4.78 is 0. The summed E-state index contributed by atoms with van der Waals surface area (Å²) >= 11 is 0. The third kappa shape index (κ3) is 4.01. The van der Waals surface area contributed by atoms with Gasteiger partial charge in [-0.2, -0.15) is 0 Å². The minimum atomic E-state index is -0.482. The smallest absolute Gasteiger partial charge is 0.171 e. The largest absolute Gasteiger partial charge is 0.379 e. The molecule has 0 radical (unpaired) electrons. The molecule has 0 aliphatic rings. The van der Waals surface area contributed by atoms with Crippen LogP contribution in [-0.4, -0.2) is 32.8 Å². The van der Waals surface area contributed by atoms with Crippen LogP contribution in [0.15, 0.2) is 36.7 Å². The van der Waals surface area contributed by atoms with E-state index in [9.17, 15) is 4.79 Å². The number of Topliss-reactive ketones (excluding diaryl/α,β-unsaturated/α-hetero) is 1. The Morgan fingerprint density at radius 2 is 1.96 bits per heavy atom. The summed E-state index contributed by atoms with van der Waals surface area (Å²) in [5.74, 6) is 0.0420. The van der Waals surface area contributed by atoms with E-state index in [1.165, 1.54) is 0 Å². The zero-order valence-corrected chi connectivity index (χ0v) is 16.6. The van der Waals surface area contributed by atoms with Crippen LogP contribution in [0.5, 0.6) is 0 Å². The van der Waals surface area contributed by atoms with Gasteiger partial charge in [0, 0.05) is 34.9 Å². The lowest BCUT2D eigenvalue weighted by atomic mass is 9.87. The number of benzene rings is 1. The molecule has 0 amide bonds. The molecule has 0 aliphatic carbocycles. The van der Waals surface area contributed by atoms with E-state index < -0.39 is 5.41 Å². The number of hydrogen-bond donors (Lipinski definition) is 3. The summed E-state index contributed by atoms with van der Waals surface area (Å²) in [6, 6.07) is 7.96. The molecule has 0 unspecified atom stereocenters. The van der Waals surface area contributed by atoms with Gasteiger partial charge in [-0.05, 0) is 26.0 Å². The standard InChI is InChI=1S/C21H27N5O/c1-20(2,3)18(27)15-10-23-19-17(15)25-16(11-24-19)13-7-6-8-14(9-13)26-21(4,5)12-22/h6-11,26H,12,22H2,1-5H3,(H,23,24). The van der Waals surface area contributed by atoms with Gasteiger partial charge in [-0.3, -0.25) is 4.79 Å². The quantitative estimate of drug-likeness (QED) is 0.594. The summed E-state index contributed by atoms with van der Waals surface area (Å²) in [7, 11) is 0. The van der Waals surface area contributed by atoms with Gasteiger partial charge in [0.2, 0.25) is 0 Å². The summed E-state index contributed by atoms with van der Waals surface area (Å²) in [6.45, 7) is 10.3. The minimum Gasteiger partial charge on any atom is -0.379 e. The first kappa shape index (κ1) is 19.0. The molecule has 2 heterocycles. The van der Waals surface area contributed by atoms with Gasteiger partial charge >= 0.3 is 0 Å². The monoisotopic (exact) mass is 365 g/mol. The number of hydrogen-bond acceptors (Lipinski definition) is 5. The number of nitrogens with zero attached hydrogens (tertiary/aromatic N) is 2. The number of nitrogens with one attached hydrogen (secondary N) is 2. The second kappa shape index (κ2) is 6.78. The van der Waals surface area contributed by atoms with Crippen LogP contribution in [0.4, 0.5) is 5.69 Å². The highest BCUT2D eigenvalue weighted by Gasteiger charge is 2.26. The lowest BCUT2D eigenvalue weighted by Gasteiger charge is -2.25.